The number of nitrogens with one attached hydrogen (secondary N) is 1. The summed E-state index contributed by atoms with van der Waals surface area (Å²) in [5.41, 5.74) is 1.15. The quantitative estimate of drug-likeness (QED) is 0.700. The van der Waals surface area contributed by atoms with E-state index in [-0.39, 0.29) is 4.90 Å². The molecule has 0 amide bonds. The van der Waals surface area contributed by atoms with E-state index >= 15 is 0 Å². The number of aryl methyl sites for hydroxylation is 1. The van der Waals surface area contributed by atoms with Crippen molar-refractivity contribution in [2.45, 2.75) is 38.0 Å². The van der Waals surface area contributed by atoms with Crippen molar-refractivity contribution in [1.82, 2.24) is 4.98 Å². The Labute approximate surface area is 148 Å². The highest BCUT2D eigenvalue weighted by Crippen LogP contribution is 2.31. The molecule has 0 fully saturated rings. The molecular formula is C17H21ClN2O3S. The normalized spacial score (nSPS) is 11.3. The maximum absolute atomic E-state index is 12.7. The Kier molecular flexibility index (Phi) is 6.45. The number of pyridine rings is 1. The second-order valence-electron chi connectivity index (χ2n) is 5.45. The Morgan fingerprint density at radius 2 is 2.08 bits per heavy atom. The number of hydrogen-bond acceptors (Lipinski definition) is 4. The molecule has 0 aliphatic carbocycles. The van der Waals surface area contributed by atoms with Gasteiger partial charge in [0.2, 0.25) is 0 Å². The lowest BCUT2D eigenvalue weighted by atomic mass is 10.2. The Bertz CT molecular complexity index is 780. The summed E-state index contributed by atoms with van der Waals surface area (Å²) in [5, 5.41) is 0.377. The molecule has 0 bridgehead atoms. The van der Waals surface area contributed by atoms with Crippen LogP contribution in [0, 0.1) is 6.92 Å². The van der Waals surface area contributed by atoms with Gasteiger partial charge in [0.25, 0.3) is 10.0 Å². The zero-order chi connectivity index (χ0) is 17.6. The van der Waals surface area contributed by atoms with Crippen molar-refractivity contribution < 1.29 is 13.2 Å². The fraction of sp³-hybridized carbons (Fsp3) is 0.353. The van der Waals surface area contributed by atoms with Crippen LogP contribution in [0.5, 0.6) is 5.75 Å². The van der Waals surface area contributed by atoms with E-state index in [9.17, 15) is 8.42 Å². The predicted molar refractivity (Wildman–Crippen MR) is 96.3 cm³/mol. The van der Waals surface area contributed by atoms with Crippen molar-refractivity contribution in [3.05, 3.63) is 47.2 Å². The zero-order valence-corrected chi connectivity index (χ0v) is 15.3. The van der Waals surface area contributed by atoms with Gasteiger partial charge in [-0.05, 0) is 43.2 Å². The summed E-state index contributed by atoms with van der Waals surface area (Å²) in [5.74, 6) is 0.310. The van der Waals surface area contributed by atoms with E-state index in [1.807, 2.05) is 6.92 Å². The average Bonchev–Trinajstić information content (AvgIpc) is 2.55. The molecule has 0 saturated heterocycles. The van der Waals surface area contributed by atoms with Gasteiger partial charge in [0, 0.05) is 11.2 Å². The third-order valence-corrected chi connectivity index (χ3v) is 5.24. The molecule has 0 unspecified atom stereocenters. The standard InChI is InChI=1S/C17H21ClN2O3S/c1-3-4-5-9-23-16-10-13(2)15(18)11-17(16)24(21,22)20-14-7-6-8-19-12-14/h6-8,10-12,20H,3-5,9H2,1-2H3. The van der Waals surface area contributed by atoms with Crippen molar-refractivity contribution in [3.8, 4) is 5.75 Å². The van der Waals surface area contributed by atoms with Crippen molar-refractivity contribution in [2.24, 2.45) is 0 Å². The van der Waals surface area contributed by atoms with Gasteiger partial charge < -0.3 is 4.74 Å². The van der Waals surface area contributed by atoms with Crippen LogP contribution in [0.1, 0.15) is 31.7 Å². The van der Waals surface area contributed by atoms with E-state index in [1.54, 1.807) is 24.4 Å². The molecule has 1 N–H and O–H groups in total. The Morgan fingerprint density at radius 3 is 2.75 bits per heavy atom. The smallest absolute Gasteiger partial charge is 0.265 e. The summed E-state index contributed by atoms with van der Waals surface area (Å²) in [6.07, 6.45) is 5.98. The van der Waals surface area contributed by atoms with E-state index in [4.69, 9.17) is 16.3 Å². The highest BCUT2D eigenvalue weighted by Gasteiger charge is 2.22. The zero-order valence-electron chi connectivity index (χ0n) is 13.8. The molecule has 2 aromatic rings. The molecule has 0 aliphatic heterocycles. The van der Waals surface area contributed by atoms with Gasteiger partial charge in [-0.2, -0.15) is 0 Å². The van der Waals surface area contributed by atoms with Gasteiger partial charge in [0.05, 0.1) is 18.5 Å². The maximum atomic E-state index is 12.7. The Hall–Kier alpha value is -1.79. The minimum Gasteiger partial charge on any atom is -0.492 e. The molecule has 0 aliphatic rings. The first-order chi connectivity index (χ1) is 11.4. The molecule has 2 rings (SSSR count). The van der Waals surface area contributed by atoms with Crippen LogP contribution < -0.4 is 9.46 Å². The summed E-state index contributed by atoms with van der Waals surface area (Å²) in [6.45, 7) is 4.37. The number of aromatic nitrogens is 1. The summed E-state index contributed by atoms with van der Waals surface area (Å²) in [4.78, 5) is 3.93. The molecule has 0 atom stereocenters. The van der Waals surface area contributed by atoms with Crippen molar-refractivity contribution >= 4 is 27.3 Å². The molecule has 0 saturated carbocycles. The van der Waals surface area contributed by atoms with Gasteiger partial charge in [0.1, 0.15) is 10.6 Å². The molecule has 130 valence electrons. The molecule has 5 nitrogen and oxygen atoms in total. The first kappa shape index (κ1) is 18.5. The van der Waals surface area contributed by atoms with Crippen LogP contribution in [0.4, 0.5) is 5.69 Å². The molecule has 0 spiro atoms. The molecule has 7 heteroatoms. The largest absolute Gasteiger partial charge is 0.492 e. The van der Waals surface area contributed by atoms with Gasteiger partial charge >= 0.3 is 0 Å². The first-order valence-corrected chi connectivity index (χ1v) is 9.66. The second-order valence-corrected chi connectivity index (χ2v) is 7.51. The second kappa shape index (κ2) is 8.35. The van der Waals surface area contributed by atoms with Gasteiger partial charge in [-0.1, -0.05) is 31.4 Å². The van der Waals surface area contributed by atoms with Crippen molar-refractivity contribution in [1.29, 1.82) is 0 Å². The highest BCUT2D eigenvalue weighted by atomic mass is 35.5. The van der Waals surface area contributed by atoms with E-state index in [2.05, 4.69) is 16.6 Å². The minimum atomic E-state index is -3.83. The molecule has 0 radical (unpaired) electrons. The number of benzene rings is 1. The molecule has 1 aromatic heterocycles. The number of halogens is 1. The number of ether oxygens (including phenoxy) is 1. The van der Waals surface area contributed by atoms with Crippen LogP contribution in [0.3, 0.4) is 0 Å². The van der Waals surface area contributed by atoms with E-state index in [1.165, 1.54) is 12.3 Å². The topological polar surface area (TPSA) is 68.3 Å². The van der Waals surface area contributed by atoms with Gasteiger partial charge in [0.15, 0.2) is 0 Å². The van der Waals surface area contributed by atoms with E-state index < -0.39 is 10.0 Å². The van der Waals surface area contributed by atoms with Crippen LogP contribution >= 0.6 is 11.6 Å². The summed E-state index contributed by atoms with van der Waals surface area (Å²) in [7, 11) is -3.83. The lowest BCUT2D eigenvalue weighted by molar-refractivity contribution is 0.298. The Balaban J connectivity index is 2.30. The molecular weight excluding hydrogens is 348 g/mol. The van der Waals surface area contributed by atoms with Gasteiger partial charge in [-0.25, -0.2) is 8.42 Å². The van der Waals surface area contributed by atoms with Crippen molar-refractivity contribution in [2.75, 3.05) is 11.3 Å². The number of hydrogen-bond donors (Lipinski definition) is 1. The van der Waals surface area contributed by atoms with Crippen LogP contribution in [0.15, 0.2) is 41.6 Å². The first-order valence-electron chi connectivity index (χ1n) is 7.80. The van der Waals surface area contributed by atoms with Crippen molar-refractivity contribution in [3.63, 3.8) is 0 Å². The summed E-state index contributed by atoms with van der Waals surface area (Å²) < 4.78 is 33.6. The average molecular weight is 369 g/mol. The molecule has 24 heavy (non-hydrogen) atoms. The van der Waals surface area contributed by atoms with Crippen LogP contribution in [0.2, 0.25) is 5.02 Å². The number of anilines is 1. The number of sulfonamides is 1. The molecule has 1 heterocycles. The number of rotatable bonds is 8. The summed E-state index contributed by atoms with van der Waals surface area (Å²) >= 11 is 6.12. The fourth-order valence-electron chi connectivity index (χ4n) is 2.13. The monoisotopic (exact) mass is 368 g/mol. The predicted octanol–water partition coefficient (Wildman–Crippen LogP) is 4.41. The Morgan fingerprint density at radius 1 is 1.29 bits per heavy atom. The SMILES string of the molecule is CCCCCOc1cc(C)c(Cl)cc1S(=O)(=O)Nc1cccnc1. The lowest BCUT2D eigenvalue weighted by Crippen LogP contribution is -2.15. The van der Waals surface area contributed by atoms with Gasteiger partial charge in [-0.15, -0.1) is 0 Å². The number of unbranched alkanes of at least 4 members (excludes halogenated alkanes) is 2. The summed E-state index contributed by atoms with van der Waals surface area (Å²) in [6, 6.07) is 6.36. The maximum Gasteiger partial charge on any atom is 0.265 e. The van der Waals surface area contributed by atoms with Crippen LogP contribution in [-0.2, 0) is 10.0 Å². The van der Waals surface area contributed by atoms with Crippen LogP contribution in [0.25, 0.3) is 0 Å². The third kappa shape index (κ3) is 4.85. The highest BCUT2D eigenvalue weighted by molar-refractivity contribution is 7.92. The van der Waals surface area contributed by atoms with E-state index in [0.717, 1.165) is 24.8 Å². The minimum absolute atomic E-state index is 0.0263. The molecule has 1 aromatic carbocycles. The lowest BCUT2D eigenvalue weighted by Gasteiger charge is -2.15. The van der Waals surface area contributed by atoms with Crippen LogP contribution in [-0.4, -0.2) is 20.0 Å². The number of nitrogens with zero attached hydrogens (tertiary/aromatic N) is 1. The third-order valence-electron chi connectivity index (χ3n) is 3.43. The van der Waals surface area contributed by atoms with E-state index in [0.29, 0.717) is 23.1 Å². The fourth-order valence-corrected chi connectivity index (χ4v) is 3.55. The van der Waals surface area contributed by atoms with Gasteiger partial charge in [-0.3, -0.25) is 9.71 Å².